The minimum Gasteiger partial charge on any atom is -0.462 e. The Balaban J connectivity index is 4.34. The largest absolute Gasteiger partial charge is 0.462 e. The minimum atomic E-state index is -0.562. The van der Waals surface area contributed by atoms with Crippen LogP contribution in [0.3, 0.4) is 0 Å². The van der Waals surface area contributed by atoms with Crippen LogP contribution in [0.4, 0.5) is 0 Å². The Bertz CT molecular complexity index is 1340. The normalized spacial score (nSPS) is 13.0. The summed E-state index contributed by atoms with van der Waals surface area (Å²) in [6, 6.07) is 0. The average Bonchev–Trinajstić information content (AvgIpc) is 3.34. The van der Waals surface area contributed by atoms with E-state index in [0.717, 1.165) is 116 Å². The van der Waals surface area contributed by atoms with Crippen molar-refractivity contribution < 1.29 is 23.8 Å². The van der Waals surface area contributed by atoms with Gasteiger partial charge in [-0.15, -0.1) is 0 Å². The number of ether oxygens (including phenoxy) is 3. The lowest BCUT2D eigenvalue weighted by molar-refractivity contribution is -0.163. The average molecular weight is 944 g/mol. The van der Waals surface area contributed by atoms with Crippen LogP contribution < -0.4 is 0 Å². The number of esters is 2. The maximum absolute atomic E-state index is 12.8. The molecule has 0 aromatic rings. The Labute approximate surface area is 421 Å². The number of unbranched alkanes of at least 4 members (excludes halogenated alkanes) is 22. The summed E-state index contributed by atoms with van der Waals surface area (Å²) in [5.74, 6) is -0.433. The van der Waals surface area contributed by atoms with E-state index in [-0.39, 0.29) is 25.2 Å². The second-order valence-corrected chi connectivity index (χ2v) is 18.4. The van der Waals surface area contributed by atoms with E-state index >= 15 is 0 Å². The summed E-state index contributed by atoms with van der Waals surface area (Å²) in [6.07, 6.45) is 79.6. The lowest BCUT2D eigenvalue weighted by Gasteiger charge is -2.18. The van der Waals surface area contributed by atoms with Gasteiger partial charge in [-0.1, -0.05) is 226 Å². The fourth-order valence-electron chi connectivity index (χ4n) is 7.60. The molecule has 0 radical (unpaired) electrons. The zero-order valence-electron chi connectivity index (χ0n) is 44.6. The molecule has 68 heavy (non-hydrogen) atoms. The van der Waals surface area contributed by atoms with Crippen molar-refractivity contribution in [1.29, 1.82) is 0 Å². The molecule has 0 bridgehead atoms. The van der Waals surface area contributed by atoms with Crippen molar-refractivity contribution in [2.24, 2.45) is 0 Å². The van der Waals surface area contributed by atoms with Crippen LogP contribution in [0.2, 0.25) is 0 Å². The number of carbonyl (C=O) groups is 2. The topological polar surface area (TPSA) is 61.8 Å². The molecule has 5 heteroatoms. The molecule has 0 aliphatic heterocycles. The number of allylic oxidation sites excluding steroid dienone is 18. The monoisotopic (exact) mass is 943 g/mol. The maximum Gasteiger partial charge on any atom is 0.306 e. The molecule has 5 nitrogen and oxygen atoms in total. The van der Waals surface area contributed by atoms with Gasteiger partial charge in [0.15, 0.2) is 6.10 Å². The van der Waals surface area contributed by atoms with Crippen molar-refractivity contribution in [2.45, 2.75) is 258 Å². The number of carbonyl (C=O) groups excluding carboxylic acids is 2. The predicted molar refractivity (Wildman–Crippen MR) is 297 cm³/mol. The van der Waals surface area contributed by atoms with Crippen molar-refractivity contribution in [3.8, 4) is 0 Å². The van der Waals surface area contributed by atoms with Gasteiger partial charge in [-0.3, -0.25) is 9.59 Å². The van der Waals surface area contributed by atoms with Crippen molar-refractivity contribution >= 4 is 11.9 Å². The van der Waals surface area contributed by atoms with Gasteiger partial charge in [-0.25, -0.2) is 0 Å². The summed E-state index contributed by atoms with van der Waals surface area (Å²) in [5.41, 5.74) is 0. The van der Waals surface area contributed by atoms with Crippen molar-refractivity contribution in [1.82, 2.24) is 0 Å². The molecule has 1 unspecified atom stereocenters. The smallest absolute Gasteiger partial charge is 0.306 e. The van der Waals surface area contributed by atoms with Crippen molar-refractivity contribution in [3.63, 3.8) is 0 Å². The highest BCUT2D eigenvalue weighted by atomic mass is 16.6. The molecular weight excluding hydrogens is 837 g/mol. The summed E-state index contributed by atoms with van der Waals surface area (Å²) in [5, 5.41) is 0. The Morgan fingerprint density at radius 3 is 1.06 bits per heavy atom. The first-order valence-corrected chi connectivity index (χ1v) is 28.4. The highest BCUT2D eigenvalue weighted by molar-refractivity contribution is 5.70. The minimum absolute atomic E-state index is 0.0639. The molecule has 0 spiro atoms. The third-order valence-electron chi connectivity index (χ3n) is 11.8. The molecule has 0 fully saturated rings. The SMILES string of the molecule is CC/C=C\C/C=C\C/C=C\C/C=C\CCCCCCCCCOCC(COC(=O)CCCCCCCCC/C=C\C/C=C\CCCCC)OC(=O)CCCCCCC/C=C\C/C=C\C/C=C\CC. The van der Waals surface area contributed by atoms with Crippen LogP contribution in [0, 0.1) is 0 Å². The second-order valence-electron chi connectivity index (χ2n) is 18.4. The Morgan fingerprint density at radius 2 is 0.662 bits per heavy atom. The molecule has 0 rings (SSSR count). The van der Waals surface area contributed by atoms with Crippen LogP contribution in [-0.2, 0) is 23.8 Å². The summed E-state index contributed by atoms with van der Waals surface area (Å²) in [4.78, 5) is 25.5. The first-order valence-electron chi connectivity index (χ1n) is 28.4. The summed E-state index contributed by atoms with van der Waals surface area (Å²) < 4.78 is 17.5. The van der Waals surface area contributed by atoms with Gasteiger partial charge in [0.2, 0.25) is 0 Å². The number of hydrogen-bond acceptors (Lipinski definition) is 5. The predicted octanol–water partition coefficient (Wildman–Crippen LogP) is 19.6. The summed E-state index contributed by atoms with van der Waals surface area (Å²) in [7, 11) is 0. The zero-order chi connectivity index (χ0) is 49.2. The highest BCUT2D eigenvalue weighted by Gasteiger charge is 2.17. The third-order valence-corrected chi connectivity index (χ3v) is 11.8. The van der Waals surface area contributed by atoms with E-state index in [2.05, 4.69) is 130 Å². The highest BCUT2D eigenvalue weighted by Crippen LogP contribution is 2.14. The van der Waals surface area contributed by atoms with E-state index in [1.165, 1.54) is 103 Å². The molecule has 0 saturated carbocycles. The summed E-state index contributed by atoms with van der Waals surface area (Å²) >= 11 is 0. The lowest BCUT2D eigenvalue weighted by atomic mass is 10.1. The zero-order valence-corrected chi connectivity index (χ0v) is 44.6. The van der Waals surface area contributed by atoms with E-state index in [4.69, 9.17) is 14.2 Å². The van der Waals surface area contributed by atoms with Crippen molar-refractivity contribution in [3.05, 3.63) is 109 Å². The van der Waals surface area contributed by atoms with Gasteiger partial charge in [0.1, 0.15) is 6.61 Å². The van der Waals surface area contributed by atoms with E-state index in [1.54, 1.807) is 0 Å². The van der Waals surface area contributed by atoms with E-state index in [0.29, 0.717) is 19.4 Å². The molecule has 0 aliphatic rings. The molecular formula is C63H106O5. The molecule has 0 aromatic heterocycles. The molecule has 0 amide bonds. The molecule has 0 heterocycles. The van der Waals surface area contributed by atoms with E-state index < -0.39 is 6.10 Å². The number of rotatable bonds is 51. The van der Waals surface area contributed by atoms with E-state index in [1.807, 2.05) is 0 Å². The first kappa shape index (κ1) is 64.6. The van der Waals surface area contributed by atoms with Crippen LogP contribution >= 0.6 is 0 Å². The quantitative estimate of drug-likeness (QED) is 0.0345. The fraction of sp³-hybridized carbons (Fsp3) is 0.683. The molecule has 0 aliphatic carbocycles. The number of hydrogen-bond donors (Lipinski definition) is 0. The van der Waals surface area contributed by atoms with Crippen LogP contribution in [0.15, 0.2) is 109 Å². The van der Waals surface area contributed by atoms with Gasteiger partial charge in [0.25, 0.3) is 0 Å². The Kier molecular flexibility index (Phi) is 54.9. The van der Waals surface area contributed by atoms with Crippen LogP contribution in [0.5, 0.6) is 0 Å². The lowest BCUT2D eigenvalue weighted by Crippen LogP contribution is -2.30. The maximum atomic E-state index is 12.8. The molecule has 0 N–H and O–H groups in total. The van der Waals surface area contributed by atoms with Gasteiger partial charge in [-0.2, -0.15) is 0 Å². The fourth-order valence-corrected chi connectivity index (χ4v) is 7.60. The summed E-state index contributed by atoms with van der Waals surface area (Å²) in [6.45, 7) is 7.53. The van der Waals surface area contributed by atoms with Gasteiger partial charge in [0, 0.05) is 19.4 Å². The van der Waals surface area contributed by atoms with Gasteiger partial charge in [-0.05, 0) is 122 Å². The Hall–Kier alpha value is -3.44. The Morgan fingerprint density at radius 1 is 0.338 bits per heavy atom. The molecule has 0 aromatic carbocycles. The second kappa shape index (κ2) is 57.9. The van der Waals surface area contributed by atoms with Crippen LogP contribution in [0.1, 0.15) is 252 Å². The van der Waals surface area contributed by atoms with Crippen LogP contribution in [-0.4, -0.2) is 37.9 Å². The molecule has 388 valence electrons. The first-order chi connectivity index (χ1) is 33.6. The van der Waals surface area contributed by atoms with Crippen LogP contribution in [0.25, 0.3) is 0 Å². The van der Waals surface area contributed by atoms with Gasteiger partial charge >= 0.3 is 11.9 Å². The van der Waals surface area contributed by atoms with E-state index in [9.17, 15) is 9.59 Å². The molecule has 0 saturated heterocycles. The van der Waals surface area contributed by atoms with Gasteiger partial charge < -0.3 is 14.2 Å². The molecule has 1 atom stereocenters. The standard InChI is InChI=1S/C63H106O5/c1-4-7-10-13-16-19-22-25-28-30-31-32-34-37-40-43-46-49-52-55-58-66-59-61(68-63(65)57-54-51-48-45-42-39-35-27-24-21-18-15-12-9-6-3)60-67-62(64)56-53-50-47-44-41-38-36-33-29-26-23-20-17-14-11-8-5-2/h7,9-10,12,16-21,25-29,31-32,35,61H,4-6,8,11,13-15,22-24,30,33-34,36-60H2,1-3H3/b10-7-,12-9-,19-16-,20-17-,21-18-,28-25-,29-26-,32-31-,35-27-. The van der Waals surface area contributed by atoms with Gasteiger partial charge in [0.05, 0.1) is 6.61 Å². The third kappa shape index (κ3) is 55.2. The van der Waals surface area contributed by atoms with Crippen molar-refractivity contribution in [2.75, 3.05) is 19.8 Å².